The number of aromatic hydroxyl groups is 1. The number of hydrogen-bond donors (Lipinski definition) is 3. The normalized spacial score (nSPS) is 9.76. The van der Waals surface area contributed by atoms with Crippen molar-refractivity contribution in [3.63, 3.8) is 0 Å². The minimum atomic E-state index is -0.439. The van der Waals surface area contributed by atoms with Gasteiger partial charge in [-0.25, -0.2) is 4.79 Å². The summed E-state index contributed by atoms with van der Waals surface area (Å²) in [5.74, 6) is 0.0372. The molecule has 2 amide bonds. The van der Waals surface area contributed by atoms with Gasteiger partial charge in [0.25, 0.3) is 0 Å². The van der Waals surface area contributed by atoms with Crippen LogP contribution in [0.3, 0.4) is 0 Å². The Bertz CT molecular complexity index is 430. The van der Waals surface area contributed by atoms with Gasteiger partial charge in [0.2, 0.25) is 0 Å². The lowest BCUT2D eigenvalue weighted by molar-refractivity contribution is -0.116. The average Bonchev–Trinajstić information content (AvgIpc) is 2.21. The van der Waals surface area contributed by atoms with Gasteiger partial charge < -0.3 is 15.7 Å². The van der Waals surface area contributed by atoms with E-state index in [0.717, 1.165) is 5.56 Å². The molecule has 92 valence electrons. The molecule has 0 aliphatic heterocycles. The van der Waals surface area contributed by atoms with Crippen LogP contribution in [0.25, 0.3) is 0 Å². The first kappa shape index (κ1) is 13.0. The maximum absolute atomic E-state index is 11.4. The lowest BCUT2D eigenvalue weighted by atomic mass is 10.2. The number of hydrogen-bond acceptors (Lipinski definition) is 3. The Morgan fingerprint density at radius 3 is 2.65 bits per heavy atom. The van der Waals surface area contributed by atoms with E-state index < -0.39 is 6.03 Å². The Morgan fingerprint density at radius 2 is 2.06 bits per heavy atom. The fourth-order valence-electron chi connectivity index (χ4n) is 1.27. The smallest absolute Gasteiger partial charge is 0.319 e. The lowest BCUT2D eigenvalue weighted by Crippen LogP contribution is -2.30. The molecule has 0 bridgehead atoms. The predicted octanol–water partition coefficient (Wildman–Crippen LogP) is 1.80. The third kappa shape index (κ3) is 4.55. The number of rotatable bonds is 4. The molecule has 0 fully saturated rings. The van der Waals surface area contributed by atoms with E-state index in [1.807, 2.05) is 6.92 Å². The number of Topliss-reactive ketones (excluding diaryl/α,β-unsaturated/α-hetero) is 1. The number of carbonyl (C=O) groups is 2. The number of phenolic OH excluding ortho intramolecular Hbond substituents is 1. The van der Waals surface area contributed by atoms with Crippen LogP contribution in [0.15, 0.2) is 18.2 Å². The molecule has 0 atom stereocenters. The van der Waals surface area contributed by atoms with Gasteiger partial charge >= 0.3 is 6.03 Å². The highest BCUT2D eigenvalue weighted by Crippen LogP contribution is 2.23. The SMILES string of the molecule is CC(=O)CCNC(=O)Nc1ccc(C)cc1O. The summed E-state index contributed by atoms with van der Waals surface area (Å²) in [7, 11) is 0. The van der Waals surface area contributed by atoms with Gasteiger partial charge in [-0.3, -0.25) is 4.79 Å². The van der Waals surface area contributed by atoms with E-state index in [1.54, 1.807) is 18.2 Å². The summed E-state index contributed by atoms with van der Waals surface area (Å²) in [6.45, 7) is 3.59. The van der Waals surface area contributed by atoms with Crippen molar-refractivity contribution < 1.29 is 14.7 Å². The van der Waals surface area contributed by atoms with Crippen LogP contribution in [0.5, 0.6) is 5.75 Å². The number of benzene rings is 1. The quantitative estimate of drug-likeness (QED) is 0.697. The molecule has 1 aromatic carbocycles. The minimum absolute atomic E-state index is 0.0171. The van der Waals surface area contributed by atoms with E-state index >= 15 is 0 Å². The van der Waals surface area contributed by atoms with E-state index in [2.05, 4.69) is 10.6 Å². The summed E-state index contributed by atoms with van der Waals surface area (Å²) < 4.78 is 0. The first-order valence-electron chi connectivity index (χ1n) is 5.33. The monoisotopic (exact) mass is 236 g/mol. The lowest BCUT2D eigenvalue weighted by Gasteiger charge is -2.08. The first-order valence-corrected chi connectivity index (χ1v) is 5.33. The summed E-state index contributed by atoms with van der Waals surface area (Å²) in [6, 6.07) is 4.52. The largest absolute Gasteiger partial charge is 0.506 e. The topological polar surface area (TPSA) is 78.4 Å². The number of carbonyl (C=O) groups excluding carboxylic acids is 2. The fourth-order valence-corrected chi connectivity index (χ4v) is 1.27. The number of phenols is 1. The molecule has 0 saturated carbocycles. The standard InChI is InChI=1S/C12H16N2O3/c1-8-3-4-10(11(16)7-8)14-12(17)13-6-5-9(2)15/h3-4,7,16H,5-6H2,1-2H3,(H2,13,14,17). The van der Waals surface area contributed by atoms with Crippen LogP contribution in [-0.4, -0.2) is 23.5 Å². The van der Waals surface area contributed by atoms with Crippen molar-refractivity contribution in [2.24, 2.45) is 0 Å². The van der Waals surface area contributed by atoms with Gasteiger partial charge in [-0.1, -0.05) is 6.07 Å². The zero-order chi connectivity index (χ0) is 12.8. The van der Waals surface area contributed by atoms with Gasteiger partial charge in [0, 0.05) is 13.0 Å². The molecule has 0 heterocycles. The van der Waals surface area contributed by atoms with Crippen molar-refractivity contribution in [1.82, 2.24) is 5.32 Å². The van der Waals surface area contributed by atoms with Crippen LogP contribution in [0, 0.1) is 6.92 Å². The molecule has 17 heavy (non-hydrogen) atoms. The fraction of sp³-hybridized carbons (Fsp3) is 0.333. The van der Waals surface area contributed by atoms with Crippen LogP contribution < -0.4 is 10.6 Å². The zero-order valence-corrected chi connectivity index (χ0v) is 9.91. The van der Waals surface area contributed by atoms with Crippen LogP contribution in [0.4, 0.5) is 10.5 Å². The molecule has 0 aromatic heterocycles. The van der Waals surface area contributed by atoms with E-state index in [0.29, 0.717) is 12.1 Å². The molecular weight excluding hydrogens is 220 g/mol. The summed E-state index contributed by atoms with van der Waals surface area (Å²) in [6.07, 6.45) is 0.299. The van der Waals surface area contributed by atoms with E-state index in [9.17, 15) is 14.7 Å². The van der Waals surface area contributed by atoms with Gasteiger partial charge in [0.05, 0.1) is 5.69 Å². The Balaban J connectivity index is 2.48. The second-order valence-electron chi connectivity index (χ2n) is 3.85. The summed E-state index contributed by atoms with van der Waals surface area (Å²) in [4.78, 5) is 22.0. The molecule has 3 N–H and O–H groups in total. The van der Waals surface area contributed by atoms with Crippen LogP contribution in [-0.2, 0) is 4.79 Å². The second kappa shape index (κ2) is 5.89. The second-order valence-corrected chi connectivity index (χ2v) is 3.85. The molecule has 0 unspecified atom stereocenters. The predicted molar refractivity (Wildman–Crippen MR) is 65.2 cm³/mol. The molecule has 1 rings (SSSR count). The van der Waals surface area contributed by atoms with Crippen LogP contribution in [0.1, 0.15) is 18.9 Å². The van der Waals surface area contributed by atoms with Crippen molar-refractivity contribution >= 4 is 17.5 Å². The Morgan fingerprint density at radius 1 is 1.35 bits per heavy atom. The zero-order valence-electron chi connectivity index (χ0n) is 9.91. The van der Waals surface area contributed by atoms with Gasteiger partial charge in [0.15, 0.2) is 0 Å². The number of urea groups is 1. The van der Waals surface area contributed by atoms with Gasteiger partial charge in [-0.05, 0) is 31.5 Å². The van der Waals surface area contributed by atoms with Gasteiger partial charge in [-0.15, -0.1) is 0 Å². The Labute approximate surface area is 99.8 Å². The third-order valence-corrected chi connectivity index (χ3v) is 2.16. The molecule has 0 radical (unpaired) electrons. The highest BCUT2D eigenvalue weighted by Gasteiger charge is 2.05. The molecule has 0 saturated heterocycles. The van der Waals surface area contributed by atoms with Crippen molar-refractivity contribution in [2.75, 3.05) is 11.9 Å². The molecule has 0 spiro atoms. The van der Waals surface area contributed by atoms with Gasteiger partial charge in [-0.2, -0.15) is 0 Å². The Hall–Kier alpha value is -2.04. The van der Waals surface area contributed by atoms with Gasteiger partial charge in [0.1, 0.15) is 11.5 Å². The molecule has 0 aliphatic rings. The van der Waals surface area contributed by atoms with Crippen molar-refractivity contribution in [1.29, 1.82) is 0 Å². The number of anilines is 1. The molecular formula is C12H16N2O3. The average molecular weight is 236 g/mol. The first-order chi connectivity index (χ1) is 7.99. The highest BCUT2D eigenvalue weighted by molar-refractivity contribution is 5.91. The summed E-state index contributed by atoms with van der Waals surface area (Å²) in [5.41, 5.74) is 1.25. The van der Waals surface area contributed by atoms with E-state index in [4.69, 9.17) is 0 Å². The maximum atomic E-state index is 11.4. The van der Waals surface area contributed by atoms with Crippen molar-refractivity contribution in [3.05, 3.63) is 23.8 Å². The number of aryl methyl sites for hydroxylation is 1. The molecule has 0 aliphatic carbocycles. The van der Waals surface area contributed by atoms with E-state index in [-0.39, 0.29) is 18.1 Å². The summed E-state index contributed by atoms with van der Waals surface area (Å²) in [5, 5.41) is 14.6. The Kier molecular flexibility index (Phi) is 4.51. The van der Waals surface area contributed by atoms with Crippen molar-refractivity contribution in [2.45, 2.75) is 20.3 Å². The number of ketones is 1. The number of nitrogens with one attached hydrogen (secondary N) is 2. The minimum Gasteiger partial charge on any atom is -0.506 e. The van der Waals surface area contributed by atoms with Crippen LogP contribution >= 0.6 is 0 Å². The maximum Gasteiger partial charge on any atom is 0.319 e. The van der Waals surface area contributed by atoms with Crippen LogP contribution in [0.2, 0.25) is 0 Å². The van der Waals surface area contributed by atoms with Crippen molar-refractivity contribution in [3.8, 4) is 5.75 Å². The molecule has 5 nitrogen and oxygen atoms in total. The third-order valence-electron chi connectivity index (χ3n) is 2.16. The highest BCUT2D eigenvalue weighted by atomic mass is 16.3. The summed E-state index contributed by atoms with van der Waals surface area (Å²) >= 11 is 0. The molecule has 5 heteroatoms. The molecule has 1 aromatic rings. The number of amides is 2. The van der Waals surface area contributed by atoms with E-state index in [1.165, 1.54) is 6.92 Å².